The summed E-state index contributed by atoms with van der Waals surface area (Å²) in [6, 6.07) is 5.42. The van der Waals surface area contributed by atoms with Crippen molar-refractivity contribution < 1.29 is 4.92 Å². The first-order chi connectivity index (χ1) is 8.66. The van der Waals surface area contributed by atoms with E-state index in [1.165, 1.54) is 6.42 Å². The van der Waals surface area contributed by atoms with Gasteiger partial charge in [-0.2, -0.15) is 0 Å². The minimum Gasteiger partial charge on any atom is -0.381 e. The summed E-state index contributed by atoms with van der Waals surface area (Å²) in [7, 11) is 0. The topological polar surface area (TPSA) is 67.2 Å². The Morgan fingerprint density at radius 1 is 1.39 bits per heavy atom. The van der Waals surface area contributed by atoms with Crippen molar-refractivity contribution in [3.63, 3.8) is 0 Å². The lowest BCUT2D eigenvalue weighted by atomic mass is 10.1. The molecule has 0 aromatic heterocycles. The van der Waals surface area contributed by atoms with Gasteiger partial charge in [0.05, 0.1) is 4.92 Å². The maximum atomic E-state index is 10.7. The lowest BCUT2D eigenvalue weighted by molar-refractivity contribution is -0.384. The molecule has 1 aromatic rings. The molecule has 18 heavy (non-hydrogen) atoms. The second-order valence-corrected chi connectivity index (χ2v) is 5.61. The van der Waals surface area contributed by atoms with Crippen LogP contribution in [0.15, 0.2) is 18.2 Å². The van der Waals surface area contributed by atoms with E-state index in [4.69, 9.17) is 0 Å². The molecule has 2 N–H and O–H groups in total. The van der Waals surface area contributed by atoms with Gasteiger partial charge in [0.1, 0.15) is 0 Å². The van der Waals surface area contributed by atoms with Gasteiger partial charge in [0, 0.05) is 27.4 Å². The summed E-state index contributed by atoms with van der Waals surface area (Å²) in [5.74, 6) is 0. The number of nitrogens with one attached hydrogen (secondary N) is 2. The van der Waals surface area contributed by atoms with E-state index in [2.05, 4.69) is 33.2 Å². The molecule has 0 bridgehead atoms. The van der Waals surface area contributed by atoms with E-state index in [-0.39, 0.29) is 10.6 Å². The van der Waals surface area contributed by atoms with Gasteiger partial charge in [-0.1, -0.05) is 0 Å². The fourth-order valence-electron chi connectivity index (χ4n) is 2.12. The van der Waals surface area contributed by atoms with Crippen molar-refractivity contribution in [1.82, 2.24) is 5.32 Å². The highest BCUT2D eigenvalue weighted by molar-refractivity contribution is 14.1. The van der Waals surface area contributed by atoms with E-state index in [1.54, 1.807) is 18.2 Å². The molecule has 6 heteroatoms. The Morgan fingerprint density at radius 2 is 2.22 bits per heavy atom. The summed E-state index contributed by atoms with van der Waals surface area (Å²) in [5, 5.41) is 17.5. The number of hydrogen-bond donors (Lipinski definition) is 2. The van der Waals surface area contributed by atoms with Crippen molar-refractivity contribution in [3.05, 3.63) is 31.9 Å². The van der Waals surface area contributed by atoms with Crippen LogP contribution in [0.2, 0.25) is 0 Å². The molecule has 98 valence electrons. The first kappa shape index (κ1) is 13.5. The second kappa shape index (κ2) is 6.33. The van der Waals surface area contributed by atoms with Gasteiger partial charge in [-0.15, -0.1) is 0 Å². The molecule has 0 aliphatic carbocycles. The quantitative estimate of drug-likeness (QED) is 0.494. The number of benzene rings is 1. The molecule has 1 saturated heterocycles. The maximum absolute atomic E-state index is 10.7. The molecule has 1 fully saturated rings. The zero-order valence-electron chi connectivity index (χ0n) is 9.99. The summed E-state index contributed by atoms with van der Waals surface area (Å²) in [4.78, 5) is 10.3. The minimum atomic E-state index is -0.360. The van der Waals surface area contributed by atoms with Crippen LogP contribution in [0.5, 0.6) is 0 Å². The van der Waals surface area contributed by atoms with Crippen LogP contribution in [-0.4, -0.2) is 24.1 Å². The normalized spacial score (nSPS) is 20.2. The molecule has 1 atom stereocenters. The fourth-order valence-corrected chi connectivity index (χ4v) is 2.77. The zero-order chi connectivity index (χ0) is 13.0. The highest BCUT2D eigenvalue weighted by Crippen LogP contribution is 2.25. The Bertz CT molecular complexity index is 431. The smallest absolute Gasteiger partial charge is 0.270 e. The number of nitrogens with zero attached hydrogens (tertiary/aromatic N) is 1. The van der Waals surface area contributed by atoms with E-state index in [1.807, 2.05) is 0 Å². The van der Waals surface area contributed by atoms with Crippen molar-refractivity contribution in [2.45, 2.75) is 25.3 Å². The third-order valence-corrected chi connectivity index (χ3v) is 3.99. The fraction of sp³-hybridized carbons (Fsp3) is 0.500. The van der Waals surface area contributed by atoms with Crippen LogP contribution < -0.4 is 10.6 Å². The van der Waals surface area contributed by atoms with Crippen LogP contribution in [0.25, 0.3) is 0 Å². The van der Waals surface area contributed by atoms with Gasteiger partial charge in [0.15, 0.2) is 0 Å². The molecule has 0 spiro atoms. The SMILES string of the molecule is O=[N+]([O-])c1ccc(NC2CCCNCC2)c(I)c1. The number of halogens is 1. The Labute approximate surface area is 120 Å². The van der Waals surface area contributed by atoms with Crippen LogP contribution in [-0.2, 0) is 0 Å². The van der Waals surface area contributed by atoms with Crippen molar-refractivity contribution in [3.8, 4) is 0 Å². The second-order valence-electron chi connectivity index (χ2n) is 4.44. The number of hydrogen-bond acceptors (Lipinski definition) is 4. The predicted molar refractivity (Wildman–Crippen MR) is 79.9 cm³/mol. The van der Waals surface area contributed by atoms with Crippen LogP contribution in [0.3, 0.4) is 0 Å². The third kappa shape index (κ3) is 3.55. The highest BCUT2D eigenvalue weighted by atomic mass is 127. The van der Waals surface area contributed by atoms with Gasteiger partial charge < -0.3 is 10.6 Å². The zero-order valence-corrected chi connectivity index (χ0v) is 12.1. The molecule has 1 heterocycles. The predicted octanol–water partition coefficient (Wildman–Crippen LogP) is 2.75. The number of non-ortho nitro benzene ring substituents is 1. The Balaban J connectivity index is 2.06. The van der Waals surface area contributed by atoms with Crippen molar-refractivity contribution >= 4 is 34.0 Å². The summed E-state index contributed by atoms with van der Waals surface area (Å²) >= 11 is 2.14. The lowest BCUT2D eigenvalue weighted by Crippen LogP contribution is -2.21. The van der Waals surface area contributed by atoms with E-state index in [0.717, 1.165) is 35.2 Å². The molecule has 0 amide bonds. The monoisotopic (exact) mass is 361 g/mol. The van der Waals surface area contributed by atoms with Gasteiger partial charge in [-0.3, -0.25) is 10.1 Å². The Morgan fingerprint density at radius 3 is 2.94 bits per heavy atom. The van der Waals surface area contributed by atoms with E-state index >= 15 is 0 Å². The van der Waals surface area contributed by atoms with Crippen molar-refractivity contribution in [1.29, 1.82) is 0 Å². The van der Waals surface area contributed by atoms with E-state index in [0.29, 0.717) is 6.04 Å². The summed E-state index contributed by atoms with van der Waals surface area (Å²) < 4.78 is 0.902. The highest BCUT2D eigenvalue weighted by Gasteiger charge is 2.14. The van der Waals surface area contributed by atoms with Gasteiger partial charge in [-0.25, -0.2) is 0 Å². The van der Waals surface area contributed by atoms with Crippen LogP contribution in [0.4, 0.5) is 11.4 Å². The maximum Gasteiger partial charge on any atom is 0.270 e. The molecule has 1 aliphatic heterocycles. The molecule has 1 aromatic carbocycles. The number of nitro groups is 1. The van der Waals surface area contributed by atoms with Crippen LogP contribution >= 0.6 is 22.6 Å². The van der Waals surface area contributed by atoms with Crippen LogP contribution in [0, 0.1) is 13.7 Å². The van der Waals surface area contributed by atoms with Gasteiger partial charge >= 0.3 is 0 Å². The largest absolute Gasteiger partial charge is 0.381 e. The number of nitro benzene ring substituents is 1. The molecular formula is C12H16IN3O2. The van der Waals surface area contributed by atoms with Crippen LogP contribution in [0.1, 0.15) is 19.3 Å². The molecule has 0 saturated carbocycles. The first-order valence-corrected chi connectivity index (χ1v) is 7.16. The summed E-state index contributed by atoms with van der Waals surface area (Å²) in [6.07, 6.45) is 3.40. The van der Waals surface area contributed by atoms with Crippen molar-refractivity contribution in [2.75, 3.05) is 18.4 Å². The van der Waals surface area contributed by atoms with Gasteiger partial charge in [0.25, 0.3) is 5.69 Å². The molecule has 5 nitrogen and oxygen atoms in total. The summed E-state index contributed by atoms with van der Waals surface area (Å²) in [6.45, 7) is 2.11. The van der Waals surface area contributed by atoms with Gasteiger partial charge in [-0.05, 0) is 61.0 Å². The Hall–Kier alpha value is -0.890. The standard InChI is InChI=1S/C12H16IN3O2/c13-11-8-10(16(17)18)3-4-12(11)15-9-2-1-6-14-7-5-9/h3-4,8-9,14-15H,1-2,5-7H2. The minimum absolute atomic E-state index is 0.146. The molecular weight excluding hydrogens is 345 g/mol. The molecule has 1 aliphatic rings. The first-order valence-electron chi connectivity index (χ1n) is 6.08. The average molecular weight is 361 g/mol. The summed E-state index contributed by atoms with van der Waals surface area (Å²) in [5.41, 5.74) is 1.14. The molecule has 1 unspecified atom stereocenters. The lowest BCUT2D eigenvalue weighted by Gasteiger charge is -2.18. The Kier molecular flexibility index (Phi) is 4.76. The van der Waals surface area contributed by atoms with E-state index < -0.39 is 0 Å². The average Bonchev–Trinajstić information content (AvgIpc) is 2.60. The van der Waals surface area contributed by atoms with E-state index in [9.17, 15) is 10.1 Å². The number of rotatable bonds is 3. The van der Waals surface area contributed by atoms with Gasteiger partial charge in [0.2, 0.25) is 0 Å². The third-order valence-electron chi connectivity index (χ3n) is 3.10. The molecule has 0 radical (unpaired) electrons. The van der Waals surface area contributed by atoms with Crippen molar-refractivity contribution in [2.24, 2.45) is 0 Å². The number of anilines is 1. The molecule has 2 rings (SSSR count).